The number of ether oxygens (including phenoxy) is 1. The quantitative estimate of drug-likeness (QED) is 0.369. The molecule has 2 N–H and O–H groups in total. The van der Waals surface area contributed by atoms with Crippen molar-refractivity contribution in [3.8, 4) is 0 Å². The summed E-state index contributed by atoms with van der Waals surface area (Å²) in [6.45, 7) is 7.65. The van der Waals surface area contributed by atoms with E-state index in [1.165, 1.54) is 12.1 Å². The number of esters is 1. The summed E-state index contributed by atoms with van der Waals surface area (Å²) >= 11 is 0. The molecule has 0 aliphatic carbocycles. The van der Waals surface area contributed by atoms with Gasteiger partial charge in [-0.05, 0) is 29.0 Å². The van der Waals surface area contributed by atoms with Gasteiger partial charge in [-0.15, -0.1) is 0 Å². The smallest absolute Gasteiger partial charge is 0.341 e. The number of hydrogen-bond acceptors (Lipinski definition) is 6. The molecule has 0 fully saturated rings. The van der Waals surface area contributed by atoms with Crippen molar-refractivity contribution >= 4 is 28.9 Å². The van der Waals surface area contributed by atoms with Gasteiger partial charge in [-0.3, -0.25) is 14.9 Å². The predicted molar refractivity (Wildman–Crippen MR) is 116 cm³/mol. The lowest BCUT2D eigenvalue weighted by Gasteiger charge is -2.20. The van der Waals surface area contributed by atoms with Gasteiger partial charge in [-0.2, -0.15) is 0 Å². The zero-order valence-corrected chi connectivity index (χ0v) is 17.8. The van der Waals surface area contributed by atoms with Crippen LogP contribution in [0.15, 0.2) is 36.4 Å². The van der Waals surface area contributed by atoms with Crippen LogP contribution in [0, 0.1) is 10.1 Å². The van der Waals surface area contributed by atoms with Gasteiger partial charge in [0.15, 0.2) is 6.61 Å². The summed E-state index contributed by atoms with van der Waals surface area (Å²) in [5.41, 5.74) is 2.85. The molecule has 0 heterocycles. The highest BCUT2D eigenvalue weighted by atomic mass is 16.6. The second-order valence-electron chi connectivity index (χ2n) is 7.48. The first-order chi connectivity index (χ1) is 14.1. The van der Waals surface area contributed by atoms with Crippen LogP contribution in [0.5, 0.6) is 0 Å². The van der Waals surface area contributed by atoms with Gasteiger partial charge in [0.05, 0.1) is 10.5 Å². The van der Waals surface area contributed by atoms with E-state index in [0.29, 0.717) is 5.69 Å². The van der Waals surface area contributed by atoms with Crippen LogP contribution < -0.4 is 10.6 Å². The molecule has 8 nitrogen and oxygen atoms in total. The summed E-state index contributed by atoms with van der Waals surface area (Å²) in [4.78, 5) is 35.3. The van der Waals surface area contributed by atoms with Crippen molar-refractivity contribution in [3.05, 3.63) is 63.2 Å². The highest BCUT2D eigenvalue weighted by Crippen LogP contribution is 2.32. The zero-order valence-electron chi connectivity index (χ0n) is 17.8. The Labute approximate surface area is 175 Å². The van der Waals surface area contributed by atoms with Crippen molar-refractivity contribution in [1.29, 1.82) is 0 Å². The van der Waals surface area contributed by atoms with Crippen molar-refractivity contribution in [1.82, 2.24) is 0 Å². The van der Waals surface area contributed by atoms with Crippen LogP contribution in [-0.4, -0.2) is 30.5 Å². The molecule has 2 aromatic carbocycles. The molecule has 2 rings (SSSR count). The minimum atomic E-state index is -0.820. The summed E-state index contributed by atoms with van der Waals surface area (Å²) < 4.78 is 5.13. The van der Waals surface area contributed by atoms with Gasteiger partial charge < -0.3 is 15.4 Å². The standard InChI is InChI=1S/C22H27N3O5/c1-13(2)16-7-6-8-17(14(3)4)21(16)24-20(26)12-30-22(27)18-11-15(25(28)29)9-10-19(18)23-5/h6-11,13-14,23H,12H2,1-5H3,(H,24,26). The molecule has 0 atom stereocenters. The van der Waals surface area contributed by atoms with Crippen LogP contribution in [-0.2, 0) is 9.53 Å². The first kappa shape index (κ1) is 22.9. The Kier molecular flexibility index (Phi) is 7.52. The SMILES string of the molecule is CNc1ccc([N+](=O)[O-])cc1C(=O)OCC(=O)Nc1c(C(C)C)cccc1C(C)C. The number of hydrogen-bond donors (Lipinski definition) is 2. The number of para-hydroxylation sites is 1. The van der Waals surface area contributed by atoms with Crippen molar-refractivity contribution in [2.45, 2.75) is 39.5 Å². The van der Waals surface area contributed by atoms with E-state index < -0.39 is 23.4 Å². The van der Waals surface area contributed by atoms with Gasteiger partial charge in [0.2, 0.25) is 0 Å². The molecular weight excluding hydrogens is 386 g/mol. The molecule has 0 aromatic heterocycles. The lowest BCUT2D eigenvalue weighted by atomic mass is 9.92. The van der Waals surface area contributed by atoms with Crippen LogP contribution >= 0.6 is 0 Å². The second-order valence-corrected chi connectivity index (χ2v) is 7.48. The minimum Gasteiger partial charge on any atom is -0.452 e. The van der Waals surface area contributed by atoms with E-state index >= 15 is 0 Å². The Hall–Kier alpha value is -3.42. The van der Waals surface area contributed by atoms with E-state index in [-0.39, 0.29) is 23.1 Å². The summed E-state index contributed by atoms with van der Waals surface area (Å²) in [5, 5.41) is 16.6. The Bertz CT molecular complexity index is 928. The molecule has 30 heavy (non-hydrogen) atoms. The molecule has 0 saturated carbocycles. The van der Waals surface area contributed by atoms with Crippen LogP contribution in [0.4, 0.5) is 17.1 Å². The first-order valence-electron chi connectivity index (χ1n) is 9.71. The fourth-order valence-electron chi connectivity index (χ4n) is 3.11. The van der Waals surface area contributed by atoms with Crippen molar-refractivity contribution in [2.75, 3.05) is 24.3 Å². The number of rotatable bonds is 8. The Morgan fingerprint density at radius 2 is 1.67 bits per heavy atom. The van der Waals surface area contributed by atoms with Crippen LogP contribution in [0.3, 0.4) is 0 Å². The molecule has 0 saturated heterocycles. The van der Waals surface area contributed by atoms with Crippen LogP contribution in [0.25, 0.3) is 0 Å². The Morgan fingerprint density at radius 3 is 2.17 bits per heavy atom. The third-order valence-electron chi connectivity index (χ3n) is 4.67. The van der Waals surface area contributed by atoms with E-state index in [2.05, 4.69) is 10.6 Å². The van der Waals surface area contributed by atoms with Gasteiger partial charge in [0.1, 0.15) is 0 Å². The predicted octanol–water partition coefficient (Wildman–Crippen LogP) is 4.68. The first-order valence-corrected chi connectivity index (χ1v) is 9.71. The van der Waals surface area contributed by atoms with Gasteiger partial charge in [0.25, 0.3) is 11.6 Å². The second kappa shape index (κ2) is 9.87. The third kappa shape index (κ3) is 5.34. The number of carbonyl (C=O) groups excluding carboxylic acids is 2. The number of nitro benzene ring substituents is 1. The van der Waals surface area contributed by atoms with Crippen LogP contribution in [0.1, 0.15) is 61.0 Å². The molecule has 8 heteroatoms. The average molecular weight is 413 g/mol. The minimum absolute atomic E-state index is 0.00931. The number of nitrogens with zero attached hydrogens (tertiary/aromatic N) is 1. The Balaban J connectivity index is 2.17. The molecule has 0 radical (unpaired) electrons. The lowest BCUT2D eigenvalue weighted by molar-refractivity contribution is -0.384. The lowest BCUT2D eigenvalue weighted by Crippen LogP contribution is -2.23. The fourth-order valence-corrected chi connectivity index (χ4v) is 3.11. The fraction of sp³-hybridized carbons (Fsp3) is 0.364. The summed E-state index contributed by atoms with van der Waals surface area (Å²) in [6, 6.07) is 9.70. The summed E-state index contributed by atoms with van der Waals surface area (Å²) in [6.07, 6.45) is 0. The number of non-ortho nitro benzene ring substituents is 1. The number of carbonyl (C=O) groups is 2. The van der Waals surface area contributed by atoms with Gasteiger partial charge in [-0.1, -0.05) is 45.9 Å². The van der Waals surface area contributed by atoms with E-state index in [1.54, 1.807) is 7.05 Å². The van der Waals surface area contributed by atoms with Crippen molar-refractivity contribution < 1.29 is 19.2 Å². The normalized spacial score (nSPS) is 10.8. The molecule has 0 aliphatic rings. The largest absolute Gasteiger partial charge is 0.452 e. The molecule has 1 amide bonds. The highest BCUT2D eigenvalue weighted by molar-refractivity contribution is 5.99. The zero-order chi connectivity index (χ0) is 22.4. The average Bonchev–Trinajstić information content (AvgIpc) is 2.71. The van der Waals surface area contributed by atoms with Crippen molar-refractivity contribution in [2.24, 2.45) is 0 Å². The number of amides is 1. The number of nitro groups is 1. The maximum Gasteiger partial charge on any atom is 0.341 e. The van der Waals surface area contributed by atoms with E-state index in [0.717, 1.165) is 22.9 Å². The molecule has 0 aliphatic heterocycles. The Morgan fingerprint density at radius 1 is 1.07 bits per heavy atom. The highest BCUT2D eigenvalue weighted by Gasteiger charge is 2.20. The third-order valence-corrected chi connectivity index (χ3v) is 4.67. The molecular formula is C22H27N3O5. The maximum absolute atomic E-state index is 12.5. The molecule has 0 unspecified atom stereocenters. The molecule has 0 spiro atoms. The van der Waals surface area contributed by atoms with Gasteiger partial charge in [-0.25, -0.2) is 4.79 Å². The monoisotopic (exact) mass is 413 g/mol. The van der Waals surface area contributed by atoms with Crippen LogP contribution in [0.2, 0.25) is 0 Å². The summed E-state index contributed by atoms with van der Waals surface area (Å²) in [7, 11) is 1.58. The van der Waals surface area contributed by atoms with E-state index in [9.17, 15) is 19.7 Å². The summed E-state index contributed by atoms with van der Waals surface area (Å²) in [5.74, 6) is -0.900. The van der Waals surface area contributed by atoms with Gasteiger partial charge in [0, 0.05) is 30.6 Å². The van der Waals surface area contributed by atoms with E-state index in [1.807, 2.05) is 45.9 Å². The number of benzene rings is 2. The topological polar surface area (TPSA) is 111 Å². The van der Waals surface area contributed by atoms with Gasteiger partial charge >= 0.3 is 5.97 Å². The maximum atomic E-state index is 12.5. The van der Waals surface area contributed by atoms with Crippen molar-refractivity contribution in [3.63, 3.8) is 0 Å². The molecule has 0 bridgehead atoms. The number of anilines is 2. The van der Waals surface area contributed by atoms with E-state index in [4.69, 9.17) is 4.74 Å². The molecule has 2 aromatic rings. The molecule has 160 valence electrons. The number of nitrogens with one attached hydrogen (secondary N) is 2.